The average Bonchev–Trinajstić information content (AvgIpc) is 3.40. The number of halogens is 1. The minimum absolute atomic E-state index is 0.0489. The summed E-state index contributed by atoms with van der Waals surface area (Å²) in [5.74, 6) is -1.66. The Morgan fingerprint density at radius 1 is 1.00 bits per heavy atom. The number of aliphatic hydroxyl groups is 1. The van der Waals surface area contributed by atoms with Gasteiger partial charge >= 0.3 is 0 Å². The molecule has 3 aromatic rings. The van der Waals surface area contributed by atoms with Gasteiger partial charge < -0.3 is 9.84 Å². The van der Waals surface area contributed by atoms with Crippen molar-refractivity contribution in [3.05, 3.63) is 94.5 Å². The lowest BCUT2D eigenvalue weighted by molar-refractivity contribution is -0.303. The molecule has 36 heavy (non-hydrogen) atoms. The Balaban J connectivity index is 1.44. The molecule has 2 fully saturated rings. The second-order valence-corrected chi connectivity index (χ2v) is 9.92. The van der Waals surface area contributed by atoms with Gasteiger partial charge in [0, 0.05) is 16.5 Å². The number of ether oxygens (including phenoxy) is 1. The zero-order chi connectivity index (χ0) is 25.3. The van der Waals surface area contributed by atoms with Crippen molar-refractivity contribution in [2.75, 3.05) is 11.5 Å². The molecule has 2 amide bonds. The van der Waals surface area contributed by atoms with Gasteiger partial charge in [-0.1, -0.05) is 65.3 Å². The minimum Gasteiger partial charge on any atom is -0.494 e. The summed E-state index contributed by atoms with van der Waals surface area (Å²) < 4.78 is 6.49. The number of hydroxylamine groups is 2. The van der Waals surface area contributed by atoms with Gasteiger partial charge in [0.15, 0.2) is 0 Å². The van der Waals surface area contributed by atoms with Crippen LogP contribution in [0.25, 0.3) is 0 Å². The molecule has 7 nitrogen and oxygen atoms in total. The highest BCUT2D eigenvalue weighted by atomic mass is 79.9. The molecule has 3 aromatic carbocycles. The first-order valence-corrected chi connectivity index (χ1v) is 12.8. The zero-order valence-electron chi connectivity index (χ0n) is 19.8. The van der Waals surface area contributed by atoms with E-state index >= 15 is 0 Å². The number of benzene rings is 3. The topological polar surface area (TPSA) is 79.3 Å². The largest absolute Gasteiger partial charge is 0.494 e. The van der Waals surface area contributed by atoms with E-state index in [4.69, 9.17) is 9.57 Å². The van der Waals surface area contributed by atoms with Gasteiger partial charge in [-0.25, -0.2) is 4.90 Å². The van der Waals surface area contributed by atoms with Gasteiger partial charge in [-0.15, -0.1) is 0 Å². The second-order valence-electron chi connectivity index (χ2n) is 9.00. The van der Waals surface area contributed by atoms with Gasteiger partial charge in [0.2, 0.25) is 11.7 Å². The number of anilines is 1. The van der Waals surface area contributed by atoms with E-state index in [1.807, 2.05) is 49.4 Å². The van der Waals surface area contributed by atoms with Crippen molar-refractivity contribution in [2.24, 2.45) is 0 Å². The summed E-state index contributed by atoms with van der Waals surface area (Å²) in [6.45, 7) is 2.62. The summed E-state index contributed by atoms with van der Waals surface area (Å²) in [4.78, 5) is 34.0. The summed E-state index contributed by atoms with van der Waals surface area (Å²) >= 11 is 3.42. The number of rotatable bonds is 7. The maximum absolute atomic E-state index is 13.6. The molecule has 2 aliphatic heterocycles. The molecular formula is C28H27BrN2O5. The van der Waals surface area contributed by atoms with Crippen LogP contribution in [0.4, 0.5) is 5.69 Å². The Bertz CT molecular complexity index is 1240. The summed E-state index contributed by atoms with van der Waals surface area (Å²) in [6.07, 6.45) is 1.05. The van der Waals surface area contributed by atoms with Gasteiger partial charge in [0.25, 0.3) is 5.91 Å². The molecule has 5 rings (SSSR count). The van der Waals surface area contributed by atoms with Crippen LogP contribution in [0.3, 0.4) is 0 Å². The van der Waals surface area contributed by atoms with Crippen LogP contribution in [0.5, 0.6) is 5.75 Å². The molecule has 1 N–H and O–H groups in total. The van der Waals surface area contributed by atoms with Crippen molar-refractivity contribution in [2.45, 2.75) is 44.1 Å². The lowest BCUT2D eigenvalue weighted by Gasteiger charge is -2.28. The van der Waals surface area contributed by atoms with Gasteiger partial charge in [0.1, 0.15) is 11.8 Å². The van der Waals surface area contributed by atoms with Gasteiger partial charge in [-0.2, -0.15) is 5.06 Å². The van der Waals surface area contributed by atoms with E-state index in [0.717, 1.165) is 16.5 Å². The molecule has 2 heterocycles. The van der Waals surface area contributed by atoms with Crippen molar-refractivity contribution in [3.63, 3.8) is 0 Å². The Kier molecular flexibility index (Phi) is 6.94. The van der Waals surface area contributed by atoms with Crippen molar-refractivity contribution >= 4 is 33.4 Å². The monoisotopic (exact) mass is 550 g/mol. The highest BCUT2D eigenvalue weighted by Gasteiger charge is 2.54. The molecule has 186 valence electrons. The number of imide groups is 1. The van der Waals surface area contributed by atoms with E-state index in [1.54, 1.807) is 36.4 Å². The highest BCUT2D eigenvalue weighted by molar-refractivity contribution is 9.10. The summed E-state index contributed by atoms with van der Waals surface area (Å²) in [7, 11) is 0. The van der Waals surface area contributed by atoms with Gasteiger partial charge in [-0.05, 0) is 48.4 Å². The molecule has 0 bridgehead atoms. The molecule has 2 saturated heterocycles. The maximum Gasteiger partial charge on any atom is 0.254 e. The van der Waals surface area contributed by atoms with Crippen molar-refractivity contribution in [3.8, 4) is 5.75 Å². The molecule has 0 aliphatic carbocycles. The smallest absolute Gasteiger partial charge is 0.254 e. The Labute approximate surface area is 218 Å². The molecular weight excluding hydrogens is 524 g/mol. The van der Waals surface area contributed by atoms with Crippen LogP contribution >= 0.6 is 15.9 Å². The third kappa shape index (κ3) is 4.69. The fourth-order valence-electron chi connectivity index (χ4n) is 4.73. The van der Waals surface area contributed by atoms with Crippen LogP contribution in [-0.4, -0.2) is 34.6 Å². The van der Waals surface area contributed by atoms with Crippen molar-refractivity contribution < 1.29 is 24.3 Å². The average molecular weight is 551 g/mol. The SMILES string of the molecule is CCCOc1ccc(N2C(=O)C[C@H](N3O[C@@](O)(c4ccc(Br)cc4)C[C@H]3c3ccccc3)C2=O)cc1. The third-order valence-electron chi connectivity index (χ3n) is 6.51. The first-order chi connectivity index (χ1) is 17.4. The van der Waals surface area contributed by atoms with E-state index in [1.165, 1.54) is 9.96 Å². The predicted octanol–water partition coefficient (Wildman–Crippen LogP) is 5.09. The van der Waals surface area contributed by atoms with E-state index in [0.29, 0.717) is 23.6 Å². The minimum atomic E-state index is -1.64. The normalized spacial score (nSPS) is 24.5. The predicted molar refractivity (Wildman–Crippen MR) is 138 cm³/mol. The van der Waals surface area contributed by atoms with E-state index in [2.05, 4.69) is 15.9 Å². The molecule has 0 spiro atoms. The molecule has 3 atom stereocenters. The fourth-order valence-corrected chi connectivity index (χ4v) is 4.99. The number of carbonyl (C=O) groups excluding carboxylic acids is 2. The molecule has 8 heteroatoms. The first kappa shape index (κ1) is 24.6. The van der Waals surface area contributed by atoms with Crippen LogP contribution in [0.2, 0.25) is 0 Å². The fraction of sp³-hybridized carbons (Fsp3) is 0.286. The number of carbonyl (C=O) groups is 2. The van der Waals surface area contributed by atoms with E-state index in [-0.39, 0.29) is 24.7 Å². The maximum atomic E-state index is 13.6. The Morgan fingerprint density at radius 2 is 1.69 bits per heavy atom. The number of amides is 2. The number of hydrogen-bond acceptors (Lipinski definition) is 6. The Hall–Kier alpha value is -3.04. The van der Waals surface area contributed by atoms with Crippen LogP contribution in [-0.2, 0) is 20.2 Å². The summed E-state index contributed by atoms with van der Waals surface area (Å²) in [5.41, 5.74) is 1.95. The van der Waals surface area contributed by atoms with Gasteiger partial charge in [0.05, 0.1) is 24.8 Å². The van der Waals surface area contributed by atoms with E-state index < -0.39 is 17.9 Å². The number of nitrogens with zero attached hydrogens (tertiary/aromatic N) is 2. The summed E-state index contributed by atoms with van der Waals surface area (Å²) in [6, 6.07) is 22.4. The second kappa shape index (κ2) is 10.1. The van der Waals surface area contributed by atoms with Crippen molar-refractivity contribution in [1.29, 1.82) is 0 Å². The standard InChI is InChI=1S/C28H27BrN2O5/c1-2-16-35-23-14-12-22(13-15-23)30-26(32)17-24(27(30)33)31-25(19-6-4-3-5-7-19)18-28(34,36-31)20-8-10-21(29)11-9-20/h3-15,24-25,34H,2,16-18H2,1H3/t24-,25-,28+/m0/s1. The molecule has 2 aliphatic rings. The van der Waals surface area contributed by atoms with Crippen LogP contribution in [0.15, 0.2) is 83.3 Å². The zero-order valence-corrected chi connectivity index (χ0v) is 21.4. The third-order valence-corrected chi connectivity index (χ3v) is 7.04. The molecule has 0 aromatic heterocycles. The summed E-state index contributed by atoms with van der Waals surface area (Å²) in [5, 5.41) is 13.1. The van der Waals surface area contributed by atoms with Gasteiger partial charge in [-0.3, -0.25) is 14.4 Å². The highest BCUT2D eigenvalue weighted by Crippen LogP contribution is 2.47. The number of hydrogen-bond donors (Lipinski definition) is 1. The first-order valence-electron chi connectivity index (χ1n) is 12.0. The van der Waals surface area contributed by atoms with Crippen molar-refractivity contribution in [1.82, 2.24) is 5.06 Å². The molecule has 0 saturated carbocycles. The Morgan fingerprint density at radius 3 is 2.36 bits per heavy atom. The van der Waals surface area contributed by atoms with E-state index in [9.17, 15) is 14.7 Å². The van der Waals surface area contributed by atoms with Crippen LogP contribution in [0.1, 0.15) is 43.4 Å². The van der Waals surface area contributed by atoms with Crippen LogP contribution in [0, 0.1) is 0 Å². The lowest BCUT2D eigenvalue weighted by Crippen LogP contribution is -2.42. The quantitative estimate of drug-likeness (QED) is 0.412. The molecule has 0 radical (unpaired) electrons. The lowest BCUT2D eigenvalue weighted by atomic mass is 9.94. The van der Waals surface area contributed by atoms with Crippen LogP contribution < -0.4 is 9.64 Å². The molecule has 0 unspecified atom stereocenters.